The lowest BCUT2D eigenvalue weighted by Gasteiger charge is -2.32. The molecule has 1 aromatic carbocycles. The zero-order valence-electron chi connectivity index (χ0n) is 17.7. The summed E-state index contributed by atoms with van der Waals surface area (Å²) in [7, 11) is -3.26. The van der Waals surface area contributed by atoms with Gasteiger partial charge in [-0.05, 0) is 89.0 Å². The fourth-order valence-corrected chi connectivity index (χ4v) is 5.45. The van der Waals surface area contributed by atoms with E-state index < -0.39 is 14.8 Å². The van der Waals surface area contributed by atoms with E-state index in [4.69, 9.17) is 0 Å². The van der Waals surface area contributed by atoms with Crippen molar-refractivity contribution in [2.24, 2.45) is 5.92 Å². The van der Waals surface area contributed by atoms with Gasteiger partial charge in [0.15, 0.2) is 0 Å². The van der Waals surface area contributed by atoms with E-state index in [1.807, 2.05) is 6.92 Å². The zero-order valence-corrected chi connectivity index (χ0v) is 18.5. The molecule has 2 aliphatic rings. The number of sulfonamides is 1. The van der Waals surface area contributed by atoms with E-state index in [2.05, 4.69) is 39.2 Å². The third-order valence-corrected chi connectivity index (χ3v) is 9.07. The van der Waals surface area contributed by atoms with Gasteiger partial charge in [0.05, 0.1) is 4.75 Å². The first kappa shape index (κ1) is 21.4. The minimum absolute atomic E-state index is 0.0896. The van der Waals surface area contributed by atoms with Crippen molar-refractivity contribution in [1.29, 1.82) is 0 Å². The summed E-state index contributed by atoms with van der Waals surface area (Å²) in [5, 5.41) is 3.57. The van der Waals surface area contributed by atoms with Crippen molar-refractivity contribution in [3.8, 4) is 0 Å². The van der Waals surface area contributed by atoms with Gasteiger partial charge in [0.2, 0.25) is 10.0 Å². The van der Waals surface area contributed by atoms with E-state index >= 15 is 0 Å². The molecule has 2 fully saturated rings. The van der Waals surface area contributed by atoms with Gasteiger partial charge in [-0.1, -0.05) is 6.92 Å². The number of rotatable bonds is 8. The van der Waals surface area contributed by atoms with Gasteiger partial charge in [-0.25, -0.2) is 13.1 Å². The summed E-state index contributed by atoms with van der Waals surface area (Å²) in [5.41, 5.74) is 2.50. The molecular weight excluding hydrogens is 370 g/mol. The minimum Gasteiger partial charge on any atom is -0.385 e. The second-order valence-corrected chi connectivity index (χ2v) is 11.4. The molecule has 3 rings (SSSR count). The van der Waals surface area contributed by atoms with Crippen molar-refractivity contribution in [3.05, 3.63) is 24.3 Å². The predicted octanol–water partition coefficient (Wildman–Crippen LogP) is 4.37. The van der Waals surface area contributed by atoms with Crippen LogP contribution in [0.1, 0.15) is 65.7 Å². The first-order valence-corrected chi connectivity index (χ1v) is 12.4. The first-order chi connectivity index (χ1) is 13.3. The highest BCUT2D eigenvalue weighted by Gasteiger charge is 2.35. The minimum atomic E-state index is -3.26. The smallest absolute Gasteiger partial charge is 0.217 e. The molecule has 6 heteroatoms. The molecule has 0 amide bonds. The lowest BCUT2D eigenvalue weighted by atomic mass is 9.86. The summed E-state index contributed by atoms with van der Waals surface area (Å²) in [5.74, 6) is 0.609. The Bertz CT molecular complexity index is 717. The van der Waals surface area contributed by atoms with Crippen LogP contribution >= 0.6 is 0 Å². The van der Waals surface area contributed by atoms with Crippen LogP contribution in [0.3, 0.4) is 0 Å². The van der Waals surface area contributed by atoms with E-state index in [0.717, 1.165) is 32.2 Å². The molecule has 1 heterocycles. The van der Waals surface area contributed by atoms with Gasteiger partial charge < -0.3 is 10.2 Å². The van der Waals surface area contributed by atoms with Crippen molar-refractivity contribution < 1.29 is 8.42 Å². The van der Waals surface area contributed by atoms with Gasteiger partial charge in [0.25, 0.3) is 0 Å². The predicted molar refractivity (Wildman–Crippen MR) is 119 cm³/mol. The Morgan fingerprint density at radius 1 is 1.04 bits per heavy atom. The number of nitrogens with one attached hydrogen (secondary N) is 2. The van der Waals surface area contributed by atoms with Gasteiger partial charge in [-0.3, -0.25) is 0 Å². The Morgan fingerprint density at radius 2 is 1.64 bits per heavy atom. The Balaban J connectivity index is 1.42. The summed E-state index contributed by atoms with van der Waals surface area (Å²) < 4.78 is 27.3. The number of anilines is 2. The molecule has 5 nitrogen and oxygen atoms in total. The molecule has 0 unspecified atom stereocenters. The summed E-state index contributed by atoms with van der Waals surface area (Å²) in [6, 6.07) is 8.89. The van der Waals surface area contributed by atoms with Crippen molar-refractivity contribution in [3.63, 3.8) is 0 Å². The fraction of sp³-hybridized carbons (Fsp3) is 0.727. The first-order valence-electron chi connectivity index (χ1n) is 10.9. The Labute approximate surface area is 171 Å². The van der Waals surface area contributed by atoms with Crippen LogP contribution in [0, 0.1) is 5.92 Å². The molecule has 0 aromatic heterocycles. The average Bonchev–Trinajstić information content (AvgIpc) is 3.22. The van der Waals surface area contributed by atoms with Crippen LogP contribution in [0.2, 0.25) is 0 Å². The molecule has 0 bridgehead atoms. The second kappa shape index (κ2) is 9.04. The van der Waals surface area contributed by atoms with Crippen LogP contribution in [0.4, 0.5) is 11.4 Å². The van der Waals surface area contributed by atoms with Crippen LogP contribution in [0.5, 0.6) is 0 Å². The largest absolute Gasteiger partial charge is 0.385 e. The van der Waals surface area contributed by atoms with Gasteiger partial charge in [0, 0.05) is 37.1 Å². The molecule has 1 saturated carbocycles. The highest BCUT2D eigenvalue weighted by molar-refractivity contribution is 7.90. The second-order valence-electron chi connectivity index (χ2n) is 9.07. The van der Waals surface area contributed by atoms with E-state index in [1.165, 1.54) is 37.3 Å². The van der Waals surface area contributed by atoms with Gasteiger partial charge in [0.1, 0.15) is 0 Å². The van der Waals surface area contributed by atoms with Crippen molar-refractivity contribution in [2.75, 3.05) is 29.9 Å². The molecule has 1 aromatic rings. The fourth-order valence-electron chi connectivity index (χ4n) is 4.08. The highest BCUT2D eigenvalue weighted by atomic mass is 32.2. The van der Waals surface area contributed by atoms with E-state index in [-0.39, 0.29) is 6.04 Å². The number of nitrogens with zero attached hydrogens (tertiary/aromatic N) is 1. The van der Waals surface area contributed by atoms with E-state index in [1.54, 1.807) is 13.8 Å². The Kier molecular flexibility index (Phi) is 6.92. The molecule has 1 aliphatic carbocycles. The number of benzene rings is 1. The van der Waals surface area contributed by atoms with Crippen LogP contribution in [0.25, 0.3) is 0 Å². The molecular formula is C22H37N3O2S. The topological polar surface area (TPSA) is 61.4 Å². The Morgan fingerprint density at radius 3 is 2.21 bits per heavy atom. The normalized spacial score (nSPS) is 23.8. The molecule has 0 spiro atoms. The van der Waals surface area contributed by atoms with Crippen molar-refractivity contribution in [2.45, 2.75) is 76.5 Å². The maximum Gasteiger partial charge on any atom is 0.217 e. The lowest BCUT2D eigenvalue weighted by Crippen LogP contribution is -2.47. The van der Waals surface area contributed by atoms with E-state index in [0.29, 0.717) is 12.3 Å². The SMILES string of the molecule is CCC(C)(C)S(=O)(=O)NC1CCC(CNc2ccc(N3CCCC3)cc2)CC1. The zero-order chi connectivity index (χ0) is 20.2. The third-order valence-electron chi connectivity index (χ3n) is 6.68. The molecule has 0 atom stereocenters. The summed E-state index contributed by atoms with van der Waals surface area (Å²) in [6.45, 7) is 8.85. The highest BCUT2D eigenvalue weighted by Crippen LogP contribution is 2.28. The third kappa shape index (κ3) is 5.20. The molecule has 1 saturated heterocycles. The summed E-state index contributed by atoms with van der Waals surface area (Å²) in [4.78, 5) is 2.45. The molecule has 158 valence electrons. The molecule has 28 heavy (non-hydrogen) atoms. The van der Waals surface area contributed by atoms with Crippen LogP contribution in [-0.4, -0.2) is 38.8 Å². The van der Waals surface area contributed by atoms with Crippen LogP contribution in [-0.2, 0) is 10.0 Å². The van der Waals surface area contributed by atoms with Crippen LogP contribution in [0.15, 0.2) is 24.3 Å². The molecule has 0 radical (unpaired) electrons. The van der Waals surface area contributed by atoms with Gasteiger partial charge in [-0.15, -0.1) is 0 Å². The summed E-state index contributed by atoms with van der Waals surface area (Å²) >= 11 is 0. The van der Waals surface area contributed by atoms with Crippen LogP contribution < -0.4 is 14.9 Å². The quantitative estimate of drug-likeness (QED) is 0.672. The summed E-state index contributed by atoms with van der Waals surface area (Å²) in [6.07, 6.45) is 7.22. The maximum absolute atomic E-state index is 12.5. The van der Waals surface area contributed by atoms with Gasteiger partial charge in [-0.2, -0.15) is 0 Å². The molecule has 1 aliphatic heterocycles. The number of hydrogen-bond acceptors (Lipinski definition) is 4. The van der Waals surface area contributed by atoms with Crippen molar-refractivity contribution in [1.82, 2.24) is 4.72 Å². The Hall–Kier alpha value is -1.27. The van der Waals surface area contributed by atoms with Crippen molar-refractivity contribution >= 4 is 21.4 Å². The van der Waals surface area contributed by atoms with Gasteiger partial charge >= 0.3 is 0 Å². The number of hydrogen-bond donors (Lipinski definition) is 2. The average molecular weight is 408 g/mol. The monoisotopic (exact) mass is 407 g/mol. The van der Waals surface area contributed by atoms with E-state index in [9.17, 15) is 8.42 Å². The maximum atomic E-state index is 12.5. The standard InChI is InChI=1S/C22H37N3O2S/c1-4-22(2,3)28(26,27)24-20-9-7-18(8-10-20)17-23-19-11-13-21(14-12-19)25-15-5-6-16-25/h11-14,18,20,23-24H,4-10,15-17H2,1-3H3. The lowest BCUT2D eigenvalue weighted by molar-refractivity contribution is 0.322. The molecule has 2 N–H and O–H groups in total.